The summed E-state index contributed by atoms with van der Waals surface area (Å²) in [6, 6.07) is 7.17. The fourth-order valence-electron chi connectivity index (χ4n) is 2.67. The van der Waals surface area contributed by atoms with Crippen molar-refractivity contribution in [3.8, 4) is 5.75 Å². The van der Waals surface area contributed by atoms with Crippen molar-refractivity contribution in [3.63, 3.8) is 0 Å². The zero-order valence-corrected chi connectivity index (χ0v) is 16.2. The van der Waals surface area contributed by atoms with E-state index in [-0.39, 0.29) is 11.8 Å². The first-order valence-electron chi connectivity index (χ1n) is 9.12. The van der Waals surface area contributed by atoms with Gasteiger partial charge in [-0.3, -0.25) is 9.59 Å². The summed E-state index contributed by atoms with van der Waals surface area (Å²) in [6.45, 7) is 9.04. The van der Waals surface area contributed by atoms with E-state index in [0.29, 0.717) is 31.8 Å². The molecular formula is C20H32N2O3. The van der Waals surface area contributed by atoms with Crippen LogP contribution < -0.4 is 10.1 Å². The third kappa shape index (κ3) is 6.77. The average Bonchev–Trinajstić information content (AvgIpc) is 2.60. The van der Waals surface area contributed by atoms with Crippen LogP contribution in [0.2, 0.25) is 0 Å². The molecule has 0 bridgehead atoms. The summed E-state index contributed by atoms with van der Waals surface area (Å²) in [7, 11) is 1.62. The van der Waals surface area contributed by atoms with Crippen molar-refractivity contribution >= 4 is 11.8 Å². The fourth-order valence-corrected chi connectivity index (χ4v) is 2.67. The summed E-state index contributed by atoms with van der Waals surface area (Å²) in [6.07, 6.45) is 1.79. The van der Waals surface area contributed by atoms with Gasteiger partial charge in [0.25, 0.3) is 0 Å². The zero-order valence-electron chi connectivity index (χ0n) is 16.2. The summed E-state index contributed by atoms with van der Waals surface area (Å²) in [5.74, 6) is 1.05. The van der Waals surface area contributed by atoms with Gasteiger partial charge in [0, 0.05) is 19.5 Å². The molecule has 0 unspecified atom stereocenters. The van der Waals surface area contributed by atoms with Crippen LogP contribution in [0, 0.1) is 5.92 Å². The van der Waals surface area contributed by atoms with Crippen LogP contribution in [0.4, 0.5) is 0 Å². The number of carbonyl (C=O) groups is 2. The van der Waals surface area contributed by atoms with Gasteiger partial charge in [-0.25, -0.2) is 0 Å². The predicted molar refractivity (Wildman–Crippen MR) is 100 cm³/mol. The minimum Gasteiger partial charge on any atom is -0.497 e. The summed E-state index contributed by atoms with van der Waals surface area (Å²) in [4.78, 5) is 27.0. The number of nitrogens with zero attached hydrogens (tertiary/aromatic N) is 1. The Labute approximate surface area is 151 Å². The van der Waals surface area contributed by atoms with E-state index in [4.69, 9.17) is 4.74 Å². The molecule has 2 amide bonds. The fraction of sp³-hybridized carbons (Fsp3) is 0.600. The number of rotatable bonds is 10. The summed E-state index contributed by atoms with van der Waals surface area (Å²) >= 11 is 0. The Morgan fingerprint density at radius 1 is 1.24 bits per heavy atom. The molecule has 1 rings (SSSR count). The van der Waals surface area contributed by atoms with Gasteiger partial charge in [0.05, 0.1) is 7.11 Å². The molecule has 0 aliphatic heterocycles. The van der Waals surface area contributed by atoms with Gasteiger partial charge < -0.3 is 15.0 Å². The van der Waals surface area contributed by atoms with Crippen molar-refractivity contribution < 1.29 is 14.3 Å². The third-order valence-corrected chi connectivity index (χ3v) is 4.02. The number of hydrogen-bond donors (Lipinski definition) is 1. The second kappa shape index (κ2) is 10.7. The first-order chi connectivity index (χ1) is 11.9. The Morgan fingerprint density at radius 2 is 1.96 bits per heavy atom. The maximum atomic E-state index is 12.7. The lowest BCUT2D eigenvalue weighted by atomic mass is 10.1. The van der Waals surface area contributed by atoms with Gasteiger partial charge in [0.2, 0.25) is 11.8 Å². The molecule has 5 nitrogen and oxygen atoms in total. The van der Waals surface area contributed by atoms with E-state index in [2.05, 4.69) is 19.2 Å². The van der Waals surface area contributed by atoms with Gasteiger partial charge in [-0.2, -0.15) is 0 Å². The van der Waals surface area contributed by atoms with E-state index in [1.807, 2.05) is 38.1 Å². The standard InChI is InChI=1S/C20H32N2O3/c1-6-9-19(23)22(14-16-10-8-11-17(12-16)25-5)18(7-2)20(24)21-13-15(3)4/h8,10-12,15,18H,6-7,9,13-14H2,1-5H3,(H,21,24)/t18-/m1/s1. The largest absolute Gasteiger partial charge is 0.497 e. The van der Waals surface area contributed by atoms with Crippen LogP contribution in [0.15, 0.2) is 24.3 Å². The molecule has 0 saturated carbocycles. The number of hydrogen-bond acceptors (Lipinski definition) is 3. The second-order valence-electron chi connectivity index (χ2n) is 6.69. The van der Waals surface area contributed by atoms with Gasteiger partial charge in [0.15, 0.2) is 0 Å². The zero-order chi connectivity index (χ0) is 18.8. The Balaban J connectivity index is 2.99. The molecule has 0 aliphatic carbocycles. The topological polar surface area (TPSA) is 58.6 Å². The van der Waals surface area contributed by atoms with E-state index >= 15 is 0 Å². The summed E-state index contributed by atoms with van der Waals surface area (Å²) in [5, 5.41) is 2.96. The molecule has 0 radical (unpaired) electrons. The van der Waals surface area contributed by atoms with Crippen LogP contribution in [-0.4, -0.2) is 36.4 Å². The van der Waals surface area contributed by atoms with Crippen LogP contribution in [0.1, 0.15) is 52.5 Å². The molecule has 0 heterocycles. The maximum absolute atomic E-state index is 12.7. The third-order valence-electron chi connectivity index (χ3n) is 4.02. The number of nitrogens with one attached hydrogen (secondary N) is 1. The molecule has 1 aromatic carbocycles. The molecule has 0 spiro atoms. The lowest BCUT2D eigenvalue weighted by Gasteiger charge is -2.31. The Hall–Kier alpha value is -2.04. The SMILES string of the molecule is CCCC(=O)N(Cc1cccc(OC)c1)[C@H](CC)C(=O)NCC(C)C. The van der Waals surface area contributed by atoms with Gasteiger partial charge in [-0.1, -0.05) is 39.8 Å². The minimum absolute atomic E-state index is 0.0110. The molecule has 25 heavy (non-hydrogen) atoms. The average molecular weight is 348 g/mol. The second-order valence-corrected chi connectivity index (χ2v) is 6.69. The van der Waals surface area contributed by atoms with E-state index in [1.54, 1.807) is 12.0 Å². The lowest BCUT2D eigenvalue weighted by Crippen LogP contribution is -2.49. The van der Waals surface area contributed by atoms with Crippen molar-refractivity contribution in [1.29, 1.82) is 0 Å². The molecule has 1 atom stereocenters. The number of methoxy groups -OCH3 is 1. The molecular weight excluding hydrogens is 316 g/mol. The lowest BCUT2D eigenvalue weighted by molar-refractivity contribution is -0.141. The van der Waals surface area contributed by atoms with Gasteiger partial charge in [-0.05, 0) is 36.5 Å². The quantitative estimate of drug-likeness (QED) is 0.705. The highest BCUT2D eigenvalue weighted by Crippen LogP contribution is 2.18. The number of amides is 2. The molecule has 0 aromatic heterocycles. The smallest absolute Gasteiger partial charge is 0.242 e. The number of ether oxygens (including phenoxy) is 1. The van der Waals surface area contributed by atoms with Gasteiger partial charge in [0.1, 0.15) is 11.8 Å². The maximum Gasteiger partial charge on any atom is 0.242 e. The predicted octanol–water partition coefficient (Wildman–Crippen LogP) is 3.37. The molecule has 0 saturated heterocycles. The molecule has 140 valence electrons. The van der Waals surface area contributed by atoms with Crippen molar-refractivity contribution in [3.05, 3.63) is 29.8 Å². The monoisotopic (exact) mass is 348 g/mol. The molecule has 0 aliphatic rings. The molecule has 1 N–H and O–H groups in total. The van der Waals surface area contributed by atoms with Crippen molar-refractivity contribution in [1.82, 2.24) is 10.2 Å². The highest BCUT2D eigenvalue weighted by Gasteiger charge is 2.28. The van der Waals surface area contributed by atoms with Crippen LogP contribution in [-0.2, 0) is 16.1 Å². The van der Waals surface area contributed by atoms with E-state index < -0.39 is 6.04 Å². The highest BCUT2D eigenvalue weighted by molar-refractivity contribution is 5.87. The number of carbonyl (C=O) groups excluding carboxylic acids is 2. The van der Waals surface area contributed by atoms with Crippen molar-refractivity contribution in [2.75, 3.05) is 13.7 Å². The van der Waals surface area contributed by atoms with E-state index in [0.717, 1.165) is 17.7 Å². The minimum atomic E-state index is -0.455. The van der Waals surface area contributed by atoms with Crippen LogP contribution in [0.3, 0.4) is 0 Å². The van der Waals surface area contributed by atoms with Crippen LogP contribution >= 0.6 is 0 Å². The molecule has 0 fully saturated rings. The Bertz CT molecular complexity index is 558. The van der Waals surface area contributed by atoms with Crippen molar-refractivity contribution in [2.45, 2.75) is 59.5 Å². The first-order valence-corrected chi connectivity index (χ1v) is 9.12. The molecule has 5 heteroatoms. The van der Waals surface area contributed by atoms with Gasteiger partial charge in [-0.15, -0.1) is 0 Å². The van der Waals surface area contributed by atoms with Crippen LogP contribution in [0.25, 0.3) is 0 Å². The normalized spacial score (nSPS) is 11.9. The molecule has 1 aromatic rings. The van der Waals surface area contributed by atoms with E-state index in [9.17, 15) is 9.59 Å². The van der Waals surface area contributed by atoms with Gasteiger partial charge >= 0.3 is 0 Å². The first kappa shape index (κ1) is 21.0. The number of benzene rings is 1. The Morgan fingerprint density at radius 3 is 2.52 bits per heavy atom. The van der Waals surface area contributed by atoms with Crippen LogP contribution in [0.5, 0.6) is 5.75 Å². The van der Waals surface area contributed by atoms with E-state index in [1.165, 1.54) is 0 Å². The summed E-state index contributed by atoms with van der Waals surface area (Å²) in [5.41, 5.74) is 0.957. The highest BCUT2D eigenvalue weighted by atomic mass is 16.5. The summed E-state index contributed by atoms with van der Waals surface area (Å²) < 4.78 is 5.26. The van der Waals surface area contributed by atoms with Crippen molar-refractivity contribution in [2.24, 2.45) is 5.92 Å². The Kier molecular flexibility index (Phi) is 9.03.